The fourth-order valence-electron chi connectivity index (χ4n) is 2.83. The Bertz CT molecular complexity index is 474. The first-order chi connectivity index (χ1) is 8.91. The van der Waals surface area contributed by atoms with Gasteiger partial charge in [0, 0.05) is 0 Å². The smallest absolute Gasteiger partial charge is 0.416 e. The van der Waals surface area contributed by atoms with Gasteiger partial charge < -0.3 is 5.11 Å². The molecular weight excluding hydrogens is 257 g/mol. The van der Waals surface area contributed by atoms with E-state index in [1.165, 1.54) is 12.1 Å². The SMILES string of the molecule is O=C(O)c1cccc(C(F)(F)F)c1C1CCCCC1. The monoisotopic (exact) mass is 272 g/mol. The van der Waals surface area contributed by atoms with E-state index < -0.39 is 17.7 Å². The van der Waals surface area contributed by atoms with E-state index in [4.69, 9.17) is 5.11 Å². The van der Waals surface area contributed by atoms with E-state index in [0.717, 1.165) is 25.3 Å². The Balaban J connectivity index is 2.55. The van der Waals surface area contributed by atoms with Gasteiger partial charge in [0.15, 0.2) is 0 Å². The third kappa shape index (κ3) is 2.91. The van der Waals surface area contributed by atoms with Gasteiger partial charge in [0.25, 0.3) is 0 Å². The predicted molar refractivity (Wildman–Crippen MR) is 64.2 cm³/mol. The van der Waals surface area contributed by atoms with Crippen molar-refractivity contribution < 1.29 is 23.1 Å². The summed E-state index contributed by atoms with van der Waals surface area (Å²) in [5.74, 6) is -1.58. The summed E-state index contributed by atoms with van der Waals surface area (Å²) in [6, 6.07) is 3.41. The molecule has 0 aliphatic heterocycles. The van der Waals surface area contributed by atoms with Gasteiger partial charge in [-0.1, -0.05) is 25.3 Å². The predicted octanol–water partition coefficient (Wildman–Crippen LogP) is 4.45. The molecule has 0 spiro atoms. The number of hydrogen-bond acceptors (Lipinski definition) is 1. The van der Waals surface area contributed by atoms with Gasteiger partial charge in [0.05, 0.1) is 11.1 Å². The van der Waals surface area contributed by atoms with Crippen LogP contribution in [-0.4, -0.2) is 11.1 Å². The zero-order chi connectivity index (χ0) is 14.0. The van der Waals surface area contributed by atoms with Gasteiger partial charge >= 0.3 is 12.1 Å². The molecule has 0 heterocycles. The van der Waals surface area contributed by atoms with Crippen LogP contribution in [0.4, 0.5) is 13.2 Å². The van der Waals surface area contributed by atoms with Crippen LogP contribution in [0.15, 0.2) is 18.2 Å². The standard InChI is InChI=1S/C14H15F3O2/c15-14(16,17)11-8-4-7-10(13(18)19)12(11)9-5-2-1-3-6-9/h4,7-9H,1-3,5-6H2,(H,18,19). The summed E-state index contributed by atoms with van der Waals surface area (Å²) < 4.78 is 39.2. The quantitative estimate of drug-likeness (QED) is 0.863. The molecule has 1 aromatic carbocycles. The van der Waals surface area contributed by atoms with Crippen molar-refractivity contribution >= 4 is 5.97 Å². The number of carboxylic acid groups (broad SMARTS) is 1. The highest BCUT2D eigenvalue weighted by Crippen LogP contribution is 2.42. The minimum Gasteiger partial charge on any atom is -0.478 e. The molecule has 1 saturated carbocycles. The Morgan fingerprint density at radius 2 is 1.79 bits per heavy atom. The lowest BCUT2D eigenvalue weighted by Gasteiger charge is -2.26. The van der Waals surface area contributed by atoms with Crippen LogP contribution in [-0.2, 0) is 6.18 Å². The normalized spacial score (nSPS) is 17.4. The highest BCUT2D eigenvalue weighted by molar-refractivity contribution is 5.90. The molecule has 1 fully saturated rings. The van der Waals surface area contributed by atoms with Crippen LogP contribution >= 0.6 is 0 Å². The summed E-state index contributed by atoms with van der Waals surface area (Å²) in [6.07, 6.45) is -0.516. The number of aromatic carboxylic acids is 1. The van der Waals surface area contributed by atoms with E-state index in [2.05, 4.69) is 0 Å². The topological polar surface area (TPSA) is 37.3 Å². The molecular formula is C14H15F3O2. The highest BCUT2D eigenvalue weighted by atomic mass is 19.4. The molecule has 0 aromatic heterocycles. The number of alkyl halides is 3. The largest absolute Gasteiger partial charge is 0.478 e. The minimum atomic E-state index is -4.50. The van der Waals surface area contributed by atoms with Crippen LogP contribution < -0.4 is 0 Å². The van der Waals surface area contributed by atoms with E-state index in [1.807, 2.05) is 0 Å². The molecule has 0 unspecified atom stereocenters. The maximum atomic E-state index is 13.1. The molecule has 0 radical (unpaired) electrons. The van der Waals surface area contributed by atoms with Crippen LogP contribution in [0.2, 0.25) is 0 Å². The summed E-state index contributed by atoms with van der Waals surface area (Å²) in [5, 5.41) is 9.12. The molecule has 5 heteroatoms. The van der Waals surface area contributed by atoms with Crippen LogP contribution in [0.5, 0.6) is 0 Å². The fourth-order valence-corrected chi connectivity index (χ4v) is 2.83. The lowest BCUT2D eigenvalue weighted by atomic mass is 9.79. The average molecular weight is 272 g/mol. The fraction of sp³-hybridized carbons (Fsp3) is 0.500. The van der Waals surface area contributed by atoms with Crippen LogP contribution in [0.1, 0.15) is 59.5 Å². The third-order valence-corrected chi connectivity index (χ3v) is 3.66. The second-order valence-corrected chi connectivity index (χ2v) is 4.90. The molecule has 0 amide bonds. The Morgan fingerprint density at radius 1 is 1.16 bits per heavy atom. The van der Waals surface area contributed by atoms with Crippen molar-refractivity contribution in [3.8, 4) is 0 Å². The summed E-state index contributed by atoms with van der Waals surface area (Å²) in [6.45, 7) is 0. The van der Waals surface area contributed by atoms with Gasteiger partial charge in [-0.2, -0.15) is 13.2 Å². The average Bonchev–Trinajstić information content (AvgIpc) is 2.37. The van der Waals surface area contributed by atoms with Gasteiger partial charge in [0.1, 0.15) is 0 Å². The van der Waals surface area contributed by atoms with Crippen molar-refractivity contribution in [3.05, 3.63) is 34.9 Å². The molecule has 0 atom stereocenters. The molecule has 0 saturated heterocycles. The van der Waals surface area contributed by atoms with Crippen molar-refractivity contribution in [2.24, 2.45) is 0 Å². The maximum absolute atomic E-state index is 13.1. The van der Waals surface area contributed by atoms with Crippen molar-refractivity contribution in [2.45, 2.75) is 44.2 Å². The minimum absolute atomic E-state index is 0.0257. The lowest BCUT2D eigenvalue weighted by molar-refractivity contribution is -0.138. The van der Waals surface area contributed by atoms with Gasteiger partial charge in [-0.05, 0) is 36.5 Å². The Morgan fingerprint density at radius 3 is 2.32 bits per heavy atom. The maximum Gasteiger partial charge on any atom is 0.416 e. The van der Waals surface area contributed by atoms with Crippen LogP contribution in [0, 0.1) is 0 Å². The van der Waals surface area contributed by atoms with E-state index in [0.29, 0.717) is 12.8 Å². The molecule has 1 N–H and O–H groups in total. The van der Waals surface area contributed by atoms with E-state index in [9.17, 15) is 18.0 Å². The molecule has 104 valence electrons. The van der Waals surface area contributed by atoms with Gasteiger partial charge in [-0.25, -0.2) is 4.79 Å². The second-order valence-electron chi connectivity index (χ2n) is 4.90. The first-order valence-electron chi connectivity index (χ1n) is 6.34. The zero-order valence-corrected chi connectivity index (χ0v) is 10.3. The van der Waals surface area contributed by atoms with E-state index >= 15 is 0 Å². The number of halogens is 3. The first kappa shape index (κ1) is 13.9. The number of carbonyl (C=O) groups is 1. The van der Waals surface area contributed by atoms with Crippen molar-refractivity contribution in [3.63, 3.8) is 0 Å². The van der Waals surface area contributed by atoms with E-state index in [-0.39, 0.29) is 17.0 Å². The summed E-state index contributed by atoms with van der Waals surface area (Å²) in [5.41, 5.74) is -1.02. The first-order valence-corrected chi connectivity index (χ1v) is 6.34. The Kier molecular flexibility index (Phi) is 3.83. The third-order valence-electron chi connectivity index (χ3n) is 3.66. The van der Waals surface area contributed by atoms with Gasteiger partial charge in [0.2, 0.25) is 0 Å². The number of hydrogen-bond donors (Lipinski definition) is 1. The van der Waals surface area contributed by atoms with Crippen molar-refractivity contribution in [1.82, 2.24) is 0 Å². The van der Waals surface area contributed by atoms with Crippen molar-refractivity contribution in [2.75, 3.05) is 0 Å². The highest BCUT2D eigenvalue weighted by Gasteiger charge is 2.37. The number of rotatable bonds is 2. The number of benzene rings is 1. The molecule has 2 nitrogen and oxygen atoms in total. The number of carboxylic acids is 1. The summed E-state index contributed by atoms with van der Waals surface area (Å²) >= 11 is 0. The molecule has 0 bridgehead atoms. The van der Waals surface area contributed by atoms with Gasteiger partial charge in [-0.15, -0.1) is 0 Å². The van der Waals surface area contributed by atoms with Gasteiger partial charge in [-0.3, -0.25) is 0 Å². The van der Waals surface area contributed by atoms with Crippen LogP contribution in [0.3, 0.4) is 0 Å². The van der Waals surface area contributed by atoms with Crippen molar-refractivity contribution in [1.29, 1.82) is 0 Å². The second kappa shape index (κ2) is 5.23. The molecule has 1 aliphatic rings. The zero-order valence-electron chi connectivity index (χ0n) is 10.3. The lowest BCUT2D eigenvalue weighted by Crippen LogP contribution is -2.18. The van der Waals surface area contributed by atoms with Crippen LogP contribution in [0.25, 0.3) is 0 Å². The molecule has 1 aliphatic carbocycles. The molecule has 2 rings (SSSR count). The molecule has 1 aromatic rings. The van der Waals surface area contributed by atoms with E-state index in [1.54, 1.807) is 0 Å². The Labute approximate surface area is 109 Å². The summed E-state index contributed by atoms with van der Waals surface area (Å²) in [4.78, 5) is 11.2. The summed E-state index contributed by atoms with van der Waals surface area (Å²) in [7, 11) is 0. The Hall–Kier alpha value is -1.52. The molecule has 19 heavy (non-hydrogen) atoms.